The topological polar surface area (TPSA) is 92.6 Å². The fourth-order valence-electron chi connectivity index (χ4n) is 1.64. The Kier molecular flexibility index (Phi) is 3.91. The lowest BCUT2D eigenvalue weighted by molar-refractivity contribution is -0.380. The summed E-state index contributed by atoms with van der Waals surface area (Å²) in [5.74, 6) is -1.10. The molecule has 2 amide bonds. The first-order valence-electron chi connectivity index (χ1n) is 5.57. The number of hydrogen-bond acceptors (Lipinski definition) is 6. The third-order valence-electron chi connectivity index (χ3n) is 2.58. The molecule has 2 heterocycles. The van der Waals surface area contributed by atoms with Crippen LogP contribution in [0.15, 0.2) is 17.7 Å². The molecule has 1 N–H and O–H groups in total. The molecule has 0 aromatic carbocycles. The zero-order valence-corrected chi connectivity index (χ0v) is 11.9. The monoisotopic (exact) mass is 311 g/mol. The third-order valence-corrected chi connectivity index (χ3v) is 3.89. The highest BCUT2D eigenvalue weighted by atomic mass is 32.1. The first-order chi connectivity index (χ1) is 9.43. The first kappa shape index (κ1) is 14.3. The zero-order valence-electron chi connectivity index (χ0n) is 10.3. The van der Waals surface area contributed by atoms with Crippen LogP contribution in [0.4, 0.5) is 5.00 Å². The van der Waals surface area contributed by atoms with Crippen LogP contribution < -0.4 is 5.32 Å². The van der Waals surface area contributed by atoms with Gasteiger partial charge in [0, 0.05) is 17.5 Å². The van der Waals surface area contributed by atoms with Crippen LogP contribution in [0, 0.1) is 10.1 Å². The zero-order chi connectivity index (χ0) is 14.9. The minimum absolute atomic E-state index is 0.0524. The molecule has 1 fully saturated rings. The molecule has 7 nitrogen and oxygen atoms in total. The predicted molar refractivity (Wildman–Crippen MR) is 77.1 cm³/mol. The van der Waals surface area contributed by atoms with Crippen molar-refractivity contribution in [2.45, 2.75) is 6.92 Å². The Balaban J connectivity index is 2.36. The van der Waals surface area contributed by atoms with E-state index in [1.807, 2.05) is 0 Å². The second kappa shape index (κ2) is 5.47. The van der Waals surface area contributed by atoms with Gasteiger partial charge in [0.1, 0.15) is 5.57 Å². The van der Waals surface area contributed by atoms with E-state index in [9.17, 15) is 19.7 Å². The van der Waals surface area contributed by atoms with Crippen LogP contribution in [0.1, 0.15) is 11.8 Å². The smallest absolute Gasteiger partial charge is 0.298 e. The van der Waals surface area contributed by atoms with Gasteiger partial charge in [0.15, 0.2) is 5.11 Å². The van der Waals surface area contributed by atoms with Crippen LogP contribution in [0.5, 0.6) is 0 Å². The molecule has 0 unspecified atom stereocenters. The van der Waals surface area contributed by atoms with E-state index in [1.54, 1.807) is 6.92 Å². The van der Waals surface area contributed by atoms with E-state index in [1.165, 1.54) is 23.1 Å². The molecule has 9 heteroatoms. The molecule has 1 aromatic rings. The molecular weight excluding hydrogens is 302 g/mol. The van der Waals surface area contributed by atoms with Crippen molar-refractivity contribution >= 4 is 51.6 Å². The molecule has 1 aromatic heterocycles. The van der Waals surface area contributed by atoms with Crippen molar-refractivity contribution in [3.63, 3.8) is 0 Å². The predicted octanol–water partition coefficient (Wildman–Crippen LogP) is 1.30. The number of nitrogens with one attached hydrogen (secondary N) is 1. The van der Waals surface area contributed by atoms with E-state index in [0.29, 0.717) is 11.4 Å². The number of nitrogens with zero attached hydrogens (tertiary/aromatic N) is 2. The highest BCUT2D eigenvalue weighted by molar-refractivity contribution is 7.80. The lowest BCUT2D eigenvalue weighted by Crippen LogP contribution is -2.53. The summed E-state index contributed by atoms with van der Waals surface area (Å²) in [6.45, 7) is 2.06. The number of carbonyl (C=O) groups excluding carboxylic acids is 2. The van der Waals surface area contributed by atoms with Gasteiger partial charge in [-0.05, 0) is 31.3 Å². The van der Waals surface area contributed by atoms with Gasteiger partial charge >= 0.3 is 5.00 Å². The second-order valence-electron chi connectivity index (χ2n) is 3.80. The van der Waals surface area contributed by atoms with Crippen molar-refractivity contribution in [1.82, 2.24) is 10.2 Å². The Morgan fingerprint density at radius 3 is 2.75 bits per heavy atom. The van der Waals surface area contributed by atoms with Gasteiger partial charge in [-0.3, -0.25) is 29.9 Å². The van der Waals surface area contributed by atoms with Gasteiger partial charge in [0.25, 0.3) is 11.8 Å². The summed E-state index contributed by atoms with van der Waals surface area (Å²) in [7, 11) is 0. The average Bonchev–Trinajstić information content (AvgIpc) is 2.83. The number of likely N-dealkylation sites (N-methyl/N-ethyl adjacent to an activating group) is 1. The number of hydrogen-bond donors (Lipinski definition) is 1. The Hall–Kier alpha value is -2.13. The molecule has 1 aliphatic rings. The molecule has 1 aliphatic heterocycles. The van der Waals surface area contributed by atoms with Crippen LogP contribution in [0.3, 0.4) is 0 Å². The normalized spacial score (nSPS) is 17.6. The summed E-state index contributed by atoms with van der Waals surface area (Å²) >= 11 is 5.78. The van der Waals surface area contributed by atoms with Crippen LogP contribution in [-0.4, -0.2) is 33.3 Å². The van der Waals surface area contributed by atoms with Crippen LogP contribution >= 0.6 is 23.6 Å². The van der Waals surface area contributed by atoms with Gasteiger partial charge in [-0.25, -0.2) is 0 Å². The fourth-order valence-corrected chi connectivity index (χ4v) is 2.71. The maximum absolute atomic E-state index is 12.1. The van der Waals surface area contributed by atoms with E-state index in [4.69, 9.17) is 12.2 Å². The number of amides is 2. The van der Waals surface area contributed by atoms with E-state index < -0.39 is 16.7 Å². The second-order valence-corrected chi connectivity index (χ2v) is 5.28. The summed E-state index contributed by atoms with van der Waals surface area (Å²) < 4.78 is 0. The lowest BCUT2D eigenvalue weighted by atomic mass is 10.1. The van der Waals surface area contributed by atoms with Gasteiger partial charge in [0.2, 0.25) is 0 Å². The van der Waals surface area contributed by atoms with Crippen molar-refractivity contribution in [3.8, 4) is 0 Å². The Bertz CT molecular complexity index is 650. The Morgan fingerprint density at radius 1 is 1.50 bits per heavy atom. The molecule has 104 valence electrons. The molecule has 2 rings (SSSR count). The van der Waals surface area contributed by atoms with Gasteiger partial charge in [-0.15, -0.1) is 0 Å². The third kappa shape index (κ3) is 2.58. The molecule has 0 radical (unpaired) electrons. The summed E-state index contributed by atoms with van der Waals surface area (Å²) in [6.07, 6.45) is 1.33. The standard InChI is InChI=1S/C11H9N3O4S2/c1-2-13-10(16)7(9(15)12-11(13)19)5-6-3-4-8(20-6)14(17)18/h3-5H,2H2,1H3,(H,12,15,19)/b7-5-. The first-order valence-corrected chi connectivity index (χ1v) is 6.79. The van der Waals surface area contributed by atoms with Gasteiger partial charge in [-0.2, -0.15) is 0 Å². The van der Waals surface area contributed by atoms with Crippen molar-refractivity contribution in [3.05, 3.63) is 32.7 Å². The van der Waals surface area contributed by atoms with Crippen molar-refractivity contribution < 1.29 is 14.5 Å². The fraction of sp³-hybridized carbons (Fsp3) is 0.182. The summed E-state index contributed by atoms with van der Waals surface area (Å²) in [5, 5.41) is 13.0. The quantitative estimate of drug-likeness (QED) is 0.299. The number of rotatable bonds is 3. The minimum Gasteiger partial charge on any atom is -0.298 e. The molecule has 0 saturated carbocycles. The lowest BCUT2D eigenvalue weighted by Gasteiger charge is -2.27. The van der Waals surface area contributed by atoms with E-state index in [0.717, 1.165) is 11.3 Å². The van der Waals surface area contributed by atoms with E-state index in [2.05, 4.69) is 5.32 Å². The van der Waals surface area contributed by atoms with E-state index in [-0.39, 0.29) is 15.7 Å². The maximum atomic E-state index is 12.1. The number of thiophene rings is 1. The highest BCUT2D eigenvalue weighted by Crippen LogP contribution is 2.26. The average molecular weight is 311 g/mol. The molecule has 1 saturated heterocycles. The summed E-state index contributed by atoms with van der Waals surface area (Å²) in [4.78, 5) is 35.7. The van der Waals surface area contributed by atoms with Crippen LogP contribution in [0.2, 0.25) is 0 Å². The van der Waals surface area contributed by atoms with Gasteiger partial charge in [-0.1, -0.05) is 11.3 Å². The molecule has 0 aliphatic carbocycles. The van der Waals surface area contributed by atoms with Gasteiger partial charge < -0.3 is 0 Å². The van der Waals surface area contributed by atoms with Gasteiger partial charge in [0.05, 0.1) is 4.92 Å². The number of thiocarbonyl (C=S) groups is 1. The maximum Gasteiger partial charge on any atom is 0.324 e. The van der Waals surface area contributed by atoms with Crippen LogP contribution in [-0.2, 0) is 9.59 Å². The molecule has 0 spiro atoms. The summed E-state index contributed by atoms with van der Waals surface area (Å²) in [5.41, 5.74) is -0.0859. The molecule has 20 heavy (non-hydrogen) atoms. The number of nitro groups is 1. The Morgan fingerprint density at radius 2 is 2.20 bits per heavy atom. The molecule has 0 bridgehead atoms. The van der Waals surface area contributed by atoms with Crippen molar-refractivity contribution in [2.75, 3.05) is 6.54 Å². The molecule has 0 atom stereocenters. The van der Waals surface area contributed by atoms with Crippen molar-refractivity contribution in [1.29, 1.82) is 0 Å². The van der Waals surface area contributed by atoms with Crippen molar-refractivity contribution in [2.24, 2.45) is 0 Å². The SMILES string of the molecule is CCN1C(=O)/C(=C\c2ccc([N+](=O)[O-])s2)C(=O)NC1=S. The number of carbonyl (C=O) groups is 2. The highest BCUT2D eigenvalue weighted by Gasteiger charge is 2.32. The Labute approximate surface area is 123 Å². The van der Waals surface area contributed by atoms with E-state index >= 15 is 0 Å². The largest absolute Gasteiger partial charge is 0.324 e. The summed E-state index contributed by atoms with van der Waals surface area (Å²) in [6, 6.07) is 2.81. The molecular formula is C11H9N3O4S2. The minimum atomic E-state index is -0.597. The van der Waals surface area contributed by atoms with Crippen LogP contribution in [0.25, 0.3) is 6.08 Å².